The van der Waals surface area contributed by atoms with Crippen LogP contribution in [0.4, 0.5) is 0 Å². The van der Waals surface area contributed by atoms with Crippen LogP contribution in [0.3, 0.4) is 0 Å². The number of hydrogen-bond acceptors (Lipinski definition) is 8. The minimum Gasteiger partial charge on any atom is -0.461 e. The lowest BCUT2D eigenvalue weighted by Gasteiger charge is -2.19. The molecule has 0 saturated carbocycles. The largest absolute Gasteiger partial charge is 0.472 e. The van der Waals surface area contributed by atoms with Crippen LogP contribution in [0.1, 0.15) is 194 Å². The smallest absolute Gasteiger partial charge is 0.461 e. The predicted octanol–water partition coefficient (Wildman–Crippen LogP) is 17.7. The van der Waals surface area contributed by atoms with Crippen molar-refractivity contribution in [2.75, 3.05) is 26.4 Å². The first-order valence-corrected chi connectivity index (χ1v) is 29.5. The first kappa shape index (κ1) is 68.6. The Morgan fingerprint density at radius 3 is 1.12 bits per heavy atom. The zero-order chi connectivity index (χ0) is 53.1. The topological polar surface area (TPSA) is 134 Å². The molecule has 0 aliphatic carbocycles. The summed E-state index contributed by atoms with van der Waals surface area (Å²) in [6.45, 7) is 3.37. The first-order chi connectivity index (χ1) is 35.8. The van der Waals surface area contributed by atoms with Crippen molar-refractivity contribution in [1.29, 1.82) is 0 Å². The number of ether oxygens (including phenoxy) is 2. The van der Waals surface area contributed by atoms with Crippen LogP contribution in [0.25, 0.3) is 0 Å². The second kappa shape index (κ2) is 56.9. The van der Waals surface area contributed by atoms with Crippen LogP contribution in [0.5, 0.6) is 0 Å². The summed E-state index contributed by atoms with van der Waals surface area (Å²) >= 11 is 0. The summed E-state index contributed by atoms with van der Waals surface area (Å²) in [4.78, 5) is 35.0. The van der Waals surface area contributed by atoms with Crippen molar-refractivity contribution in [3.63, 3.8) is 0 Å². The lowest BCUT2D eigenvalue weighted by molar-refractivity contribution is -0.160. The summed E-state index contributed by atoms with van der Waals surface area (Å²) in [7, 11) is -4.42. The van der Waals surface area contributed by atoms with E-state index in [4.69, 9.17) is 24.3 Å². The van der Waals surface area contributed by atoms with E-state index in [1.54, 1.807) is 6.08 Å². The predicted molar refractivity (Wildman–Crippen MR) is 311 cm³/mol. The Kier molecular flexibility index (Phi) is 53.5. The van der Waals surface area contributed by atoms with Gasteiger partial charge in [-0.15, -0.1) is 0 Å². The Hall–Kier alpha value is -4.37. The molecule has 0 rings (SSSR count). The van der Waals surface area contributed by atoms with Gasteiger partial charge in [-0.2, -0.15) is 0 Å². The van der Waals surface area contributed by atoms with Gasteiger partial charge in [0.2, 0.25) is 0 Å². The van der Waals surface area contributed by atoms with Crippen LogP contribution < -0.4 is 5.73 Å². The first-order valence-electron chi connectivity index (χ1n) is 28.0. The van der Waals surface area contributed by atoms with Crippen molar-refractivity contribution in [3.05, 3.63) is 158 Å². The molecule has 0 heterocycles. The van der Waals surface area contributed by atoms with Gasteiger partial charge in [-0.25, -0.2) is 4.57 Å². The fourth-order valence-electron chi connectivity index (χ4n) is 6.90. The Morgan fingerprint density at radius 2 is 0.753 bits per heavy atom. The molecule has 0 aromatic heterocycles. The van der Waals surface area contributed by atoms with E-state index in [0.29, 0.717) is 12.8 Å². The highest BCUT2D eigenvalue weighted by molar-refractivity contribution is 7.47. The number of hydrogen-bond donors (Lipinski definition) is 2. The van der Waals surface area contributed by atoms with Gasteiger partial charge in [-0.05, 0) is 103 Å². The molecular formula is C63H100NO8P. The Balaban J connectivity index is 4.02. The van der Waals surface area contributed by atoms with E-state index in [1.165, 1.54) is 51.4 Å². The highest BCUT2D eigenvalue weighted by Gasteiger charge is 2.25. The van der Waals surface area contributed by atoms with Crippen LogP contribution in [0, 0.1) is 0 Å². The molecule has 2 atom stereocenters. The molecule has 73 heavy (non-hydrogen) atoms. The molecule has 2 unspecified atom stereocenters. The molecule has 0 saturated heterocycles. The lowest BCUT2D eigenvalue weighted by Crippen LogP contribution is -2.29. The summed E-state index contributed by atoms with van der Waals surface area (Å²) in [6, 6.07) is 0. The van der Waals surface area contributed by atoms with Gasteiger partial charge in [0.1, 0.15) is 6.61 Å². The summed E-state index contributed by atoms with van der Waals surface area (Å²) in [6.07, 6.45) is 83.4. The number of nitrogens with two attached hydrogens (primary N) is 1. The molecule has 0 radical (unpaired) electrons. The molecule has 0 spiro atoms. The van der Waals surface area contributed by atoms with Gasteiger partial charge in [0.15, 0.2) is 6.10 Å². The molecule has 410 valence electrons. The molecule has 0 fully saturated rings. The van der Waals surface area contributed by atoms with Gasteiger partial charge in [0, 0.05) is 13.0 Å². The van der Waals surface area contributed by atoms with E-state index < -0.39 is 32.5 Å². The third-order valence-electron chi connectivity index (χ3n) is 10.9. The maximum Gasteiger partial charge on any atom is 0.472 e. The van der Waals surface area contributed by atoms with Gasteiger partial charge in [0.05, 0.1) is 19.6 Å². The molecule has 9 nitrogen and oxygen atoms in total. The average Bonchev–Trinajstić information content (AvgIpc) is 3.38. The van der Waals surface area contributed by atoms with Crippen molar-refractivity contribution < 1.29 is 37.6 Å². The number of esters is 2. The quantitative estimate of drug-likeness (QED) is 0.0264. The summed E-state index contributed by atoms with van der Waals surface area (Å²) < 4.78 is 32.8. The molecule has 0 aromatic rings. The zero-order valence-corrected chi connectivity index (χ0v) is 46.4. The third-order valence-corrected chi connectivity index (χ3v) is 11.9. The number of rotatable bonds is 50. The fraction of sp³-hybridized carbons (Fsp3) is 0.556. The number of allylic oxidation sites excluding steroid dienone is 25. The average molecular weight is 1030 g/mol. The Labute approximate surface area is 445 Å². The van der Waals surface area contributed by atoms with Crippen LogP contribution in [-0.2, 0) is 32.7 Å². The number of unbranched alkanes of at least 4 members (excludes halogenated alkanes) is 12. The molecule has 0 aromatic carbocycles. The van der Waals surface area contributed by atoms with Gasteiger partial charge in [-0.3, -0.25) is 18.6 Å². The SMILES string of the molecule is CC/C=C\C/C=C\C/C=C\C/C=C\C/C=C\C/C=C\C/C=C\C/C=C\CCCCCCCCCCCCCCC(=O)OC(COC(=O)C/C=C\C/C=C\C/C=C\C/C=C\C/C=C\CC)COP(=O)(O)OCCN. The van der Waals surface area contributed by atoms with Crippen LogP contribution in [0.2, 0.25) is 0 Å². The number of carbonyl (C=O) groups excluding carboxylic acids is 2. The summed E-state index contributed by atoms with van der Waals surface area (Å²) in [5.41, 5.74) is 5.36. The minimum absolute atomic E-state index is 0.0338. The van der Waals surface area contributed by atoms with Gasteiger partial charge in [0.25, 0.3) is 0 Å². The third kappa shape index (κ3) is 56.8. The maximum atomic E-state index is 12.7. The molecule has 0 aliphatic rings. The fourth-order valence-corrected chi connectivity index (χ4v) is 7.66. The van der Waals surface area contributed by atoms with Crippen molar-refractivity contribution in [1.82, 2.24) is 0 Å². The molecule has 10 heteroatoms. The normalized spacial score (nSPS) is 14.3. The van der Waals surface area contributed by atoms with E-state index in [-0.39, 0.29) is 32.6 Å². The molecule has 3 N–H and O–H groups in total. The summed E-state index contributed by atoms with van der Waals surface area (Å²) in [5, 5.41) is 0. The standard InChI is InChI=1S/C63H100NO8P/c1-3-5-7-9-11-13-15-17-19-20-21-22-23-24-25-26-27-28-29-30-31-32-33-34-35-36-37-38-39-40-42-44-46-48-50-52-54-56-63(66)72-61(60-71-73(67,68)70-58-57-64)59-69-62(65)55-53-51-49-47-45-43-41-18-16-14-12-10-8-6-4-2/h5-8,11-14,17-19,21-22,24-25,27-28,30-31,33-34,41,45,47,51,53,61H,3-4,9-10,15-16,20,23,26,29,32,35-40,42-44,46,48-50,52,54-60,64H2,1-2H3,(H,67,68)/b7-5-,8-6-,13-11-,14-12-,19-17-,22-21-,25-24-,28-27-,31-30-,34-33-,41-18-,47-45-,53-51-. The van der Waals surface area contributed by atoms with Crippen molar-refractivity contribution in [2.45, 2.75) is 200 Å². The van der Waals surface area contributed by atoms with Crippen LogP contribution in [0.15, 0.2) is 158 Å². The van der Waals surface area contributed by atoms with Gasteiger partial charge in [-0.1, -0.05) is 236 Å². The van der Waals surface area contributed by atoms with Crippen LogP contribution >= 0.6 is 7.82 Å². The highest BCUT2D eigenvalue weighted by Crippen LogP contribution is 2.43. The van der Waals surface area contributed by atoms with Crippen molar-refractivity contribution in [2.24, 2.45) is 5.73 Å². The maximum absolute atomic E-state index is 12.7. The highest BCUT2D eigenvalue weighted by atomic mass is 31.2. The Morgan fingerprint density at radius 1 is 0.425 bits per heavy atom. The molecule has 0 aliphatic heterocycles. The van der Waals surface area contributed by atoms with Crippen molar-refractivity contribution >= 4 is 19.8 Å². The van der Waals surface area contributed by atoms with E-state index >= 15 is 0 Å². The van der Waals surface area contributed by atoms with Crippen molar-refractivity contribution in [3.8, 4) is 0 Å². The van der Waals surface area contributed by atoms with E-state index in [0.717, 1.165) is 103 Å². The monoisotopic (exact) mass is 1030 g/mol. The molecule has 0 amide bonds. The lowest BCUT2D eigenvalue weighted by atomic mass is 10.0. The summed E-state index contributed by atoms with van der Waals surface area (Å²) in [5.74, 6) is -0.990. The number of carbonyl (C=O) groups is 2. The van der Waals surface area contributed by atoms with Crippen LogP contribution in [-0.4, -0.2) is 49.3 Å². The van der Waals surface area contributed by atoms with E-state index in [1.807, 2.05) is 12.2 Å². The van der Waals surface area contributed by atoms with Gasteiger partial charge < -0.3 is 20.1 Å². The Bertz CT molecular complexity index is 1740. The molecular weight excluding hydrogens is 930 g/mol. The van der Waals surface area contributed by atoms with E-state index in [2.05, 4.69) is 154 Å². The molecule has 0 bridgehead atoms. The second-order valence-electron chi connectivity index (χ2n) is 17.7. The zero-order valence-electron chi connectivity index (χ0n) is 45.5. The number of phosphoric ester groups is 1. The number of phosphoric acid groups is 1. The van der Waals surface area contributed by atoms with Gasteiger partial charge >= 0.3 is 19.8 Å². The minimum atomic E-state index is -4.42. The van der Waals surface area contributed by atoms with E-state index in [9.17, 15) is 19.0 Å². The second-order valence-corrected chi connectivity index (χ2v) is 19.2.